The fraction of sp³-hybridized carbons (Fsp3) is 0.250. The maximum Gasteiger partial charge on any atom is 0.289 e. The van der Waals surface area contributed by atoms with E-state index in [9.17, 15) is 14.0 Å². The summed E-state index contributed by atoms with van der Waals surface area (Å²) in [4.78, 5) is 27.8. The van der Waals surface area contributed by atoms with Crippen LogP contribution in [0.4, 0.5) is 4.39 Å². The van der Waals surface area contributed by atoms with Gasteiger partial charge in [-0.25, -0.2) is 4.39 Å². The van der Waals surface area contributed by atoms with Gasteiger partial charge in [0.1, 0.15) is 5.82 Å². The molecular weight excluding hydrogens is 287 g/mol. The van der Waals surface area contributed by atoms with E-state index < -0.39 is 0 Å². The normalized spacial score (nSPS) is 15.0. The lowest BCUT2D eigenvalue weighted by Crippen LogP contribution is -2.50. The predicted octanol–water partition coefficient (Wildman–Crippen LogP) is 2.02. The molecule has 22 heavy (non-hydrogen) atoms. The molecule has 0 atom stereocenters. The van der Waals surface area contributed by atoms with Crippen molar-refractivity contribution in [2.24, 2.45) is 0 Å². The Labute approximate surface area is 126 Å². The Morgan fingerprint density at radius 2 is 1.50 bits per heavy atom. The number of carbonyl (C=O) groups is 2. The number of nitrogens with zero attached hydrogens (tertiary/aromatic N) is 2. The molecule has 2 heterocycles. The number of rotatable bonds is 2. The number of piperazine rings is 1. The molecule has 0 radical (unpaired) electrons. The molecule has 114 valence electrons. The highest BCUT2D eigenvalue weighted by Crippen LogP contribution is 2.12. The zero-order valence-electron chi connectivity index (χ0n) is 11.9. The highest BCUT2D eigenvalue weighted by atomic mass is 19.1. The van der Waals surface area contributed by atoms with Gasteiger partial charge in [-0.05, 0) is 36.4 Å². The first kappa shape index (κ1) is 14.3. The van der Waals surface area contributed by atoms with E-state index in [1.807, 2.05) is 0 Å². The summed E-state index contributed by atoms with van der Waals surface area (Å²) in [5.41, 5.74) is 0.451. The fourth-order valence-corrected chi connectivity index (χ4v) is 2.44. The molecule has 1 aliphatic heterocycles. The Morgan fingerprint density at radius 3 is 2.05 bits per heavy atom. The second-order valence-corrected chi connectivity index (χ2v) is 5.07. The summed E-state index contributed by atoms with van der Waals surface area (Å²) >= 11 is 0. The van der Waals surface area contributed by atoms with Gasteiger partial charge in [0.05, 0.1) is 6.26 Å². The van der Waals surface area contributed by atoms with Crippen molar-refractivity contribution in [3.63, 3.8) is 0 Å². The number of hydrogen-bond acceptors (Lipinski definition) is 3. The third kappa shape index (κ3) is 2.86. The molecule has 1 aromatic heterocycles. The van der Waals surface area contributed by atoms with E-state index in [2.05, 4.69) is 0 Å². The van der Waals surface area contributed by atoms with Gasteiger partial charge in [-0.15, -0.1) is 0 Å². The summed E-state index contributed by atoms with van der Waals surface area (Å²) in [5.74, 6) is -0.382. The summed E-state index contributed by atoms with van der Waals surface area (Å²) in [5, 5.41) is 0. The quantitative estimate of drug-likeness (QED) is 0.853. The van der Waals surface area contributed by atoms with E-state index in [0.717, 1.165) is 0 Å². The minimum Gasteiger partial charge on any atom is -0.459 e. The van der Waals surface area contributed by atoms with Gasteiger partial charge in [-0.2, -0.15) is 0 Å². The molecule has 0 spiro atoms. The monoisotopic (exact) mass is 302 g/mol. The summed E-state index contributed by atoms with van der Waals surface area (Å²) in [7, 11) is 0. The van der Waals surface area contributed by atoms with Gasteiger partial charge >= 0.3 is 0 Å². The molecule has 0 saturated carbocycles. The van der Waals surface area contributed by atoms with Crippen LogP contribution in [0.15, 0.2) is 47.1 Å². The van der Waals surface area contributed by atoms with Gasteiger partial charge in [-0.1, -0.05) is 0 Å². The molecule has 1 saturated heterocycles. The largest absolute Gasteiger partial charge is 0.459 e. The van der Waals surface area contributed by atoms with Crippen LogP contribution in [0.25, 0.3) is 0 Å². The second kappa shape index (κ2) is 6.01. The maximum atomic E-state index is 12.9. The Balaban J connectivity index is 1.60. The Morgan fingerprint density at radius 1 is 0.909 bits per heavy atom. The SMILES string of the molecule is O=C(c1ccc(F)cc1)N1CCN(C(=O)c2ccco2)CC1. The standard InChI is InChI=1S/C16H15FN2O3/c17-13-5-3-12(4-6-13)15(20)18-7-9-19(10-8-18)16(21)14-2-1-11-22-14/h1-6,11H,7-10H2. The van der Waals surface area contributed by atoms with Crippen molar-refractivity contribution in [3.8, 4) is 0 Å². The van der Waals surface area contributed by atoms with Gasteiger partial charge < -0.3 is 14.2 Å². The zero-order valence-corrected chi connectivity index (χ0v) is 11.9. The van der Waals surface area contributed by atoms with Crippen LogP contribution in [0.2, 0.25) is 0 Å². The Bertz CT molecular complexity index is 659. The molecule has 1 aliphatic rings. The fourth-order valence-electron chi connectivity index (χ4n) is 2.44. The molecular formula is C16H15FN2O3. The van der Waals surface area contributed by atoms with Crippen LogP contribution in [-0.2, 0) is 0 Å². The lowest BCUT2D eigenvalue weighted by molar-refractivity contribution is 0.0518. The average molecular weight is 302 g/mol. The molecule has 0 bridgehead atoms. The van der Waals surface area contributed by atoms with Crippen LogP contribution in [-0.4, -0.2) is 47.8 Å². The van der Waals surface area contributed by atoms with Crippen LogP contribution in [0, 0.1) is 5.82 Å². The number of amides is 2. The number of carbonyl (C=O) groups excluding carboxylic acids is 2. The molecule has 0 aliphatic carbocycles. The minimum atomic E-state index is -0.370. The lowest BCUT2D eigenvalue weighted by Gasteiger charge is -2.34. The van der Waals surface area contributed by atoms with E-state index in [0.29, 0.717) is 37.5 Å². The Kier molecular flexibility index (Phi) is 3.91. The first-order valence-corrected chi connectivity index (χ1v) is 7.03. The first-order valence-electron chi connectivity index (χ1n) is 7.03. The van der Waals surface area contributed by atoms with E-state index in [1.165, 1.54) is 30.5 Å². The van der Waals surface area contributed by atoms with Gasteiger partial charge in [0.2, 0.25) is 0 Å². The van der Waals surface area contributed by atoms with Crippen LogP contribution >= 0.6 is 0 Å². The third-order valence-electron chi connectivity index (χ3n) is 3.68. The smallest absolute Gasteiger partial charge is 0.289 e. The molecule has 1 aromatic carbocycles. The molecule has 2 aromatic rings. The van der Waals surface area contributed by atoms with Crippen molar-refractivity contribution in [3.05, 3.63) is 59.8 Å². The third-order valence-corrected chi connectivity index (χ3v) is 3.68. The predicted molar refractivity (Wildman–Crippen MR) is 76.9 cm³/mol. The van der Waals surface area contributed by atoms with Crippen molar-refractivity contribution in [2.75, 3.05) is 26.2 Å². The summed E-state index contributed by atoms with van der Waals surface area (Å²) in [6.07, 6.45) is 1.46. The highest BCUT2D eigenvalue weighted by Gasteiger charge is 2.26. The van der Waals surface area contributed by atoms with E-state index >= 15 is 0 Å². The average Bonchev–Trinajstić information content (AvgIpc) is 3.09. The van der Waals surface area contributed by atoms with Crippen molar-refractivity contribution in [1.29, 1.82) is 0 Å². The molecule has 3 rings (SSSR count). The summed E-state index contributed by atoms with van der Waals surface area (Å²) in [6, 6.07) is 8.77. The molecule has 0 N–H and O–H groups in total. The van der Waals surface area contributed by atoms with Crippen LogP contribution < -0.4 is 0 Å². The van der Waals surface area contributed by atoms with E-state index in [4.69, 9.17) is 4.42 Å². The van der Waals surface area contributed by atoms with Crippen molar-refractivity contribution in [1.82, 2.24) is 9.80 Å². The van der Waals surface area contributed by atoms with E-state index in [-0.39, 0.29) is 17.6 Å². The maximum absolute atomic E-state index is 12.9. The highest BCUT2D eigenvalue weighted by molar-refractivity contribution is 5.95. The summed E-state index contributed by atoms with van der Waals surface area (Å²) < 4.78 is 18.0. The second-order valence-electron chi connectivity index (χ2n) is 5.07. The number of halogens is 1. The molecule has 5 nitrogen and oxygen atoms in total. The van der Waals surface area contributed by atoms with E-state index in [1.54, 1.807) is 21.9 Å². The lowest BCUT2D eigenvalue weighted by atomic mass is 10.1. The molecule has 1 fully saturated rings. The van der Waals surface area contributed by atoms with Crippen molar-refractivity contribution >= 4 is 11.8 Å². The van der Waals surface area contributed by atoms with Gasteiger partial charge in [0, 0.05) is 31.7 Å². The Hall–Kier alpha value is -2.63. The zero-order chi connectivity index (χ0) is 15.5. The number of furan rings is 1. The first-order chi connectivity index (χ1) is 10.6. The number of benzene rings is 1. The number of hydrogen-bond donors (Lipinski definition) is 0. The summed E-state index contributed by atoms with van der Waals surface area (Å²) in [6.45, 7) is 1.80. The van der Waals surface area contributed by atoms with Crippen molar-refractivity contribution in [2.45, 2.75) is 0 Å². The van der Waals surface area contributed by atoms with Crippen LogP contribution in [0.3, 0.4) is 0 Å². The molecule has 0 unspecified atom stereocenters. The van der Waals surface area contributed by atoms with Gasteiger partial charge in [-0.3, -0.25) is 9.59 Å². The molecule has 2 amide bonds. The van der Waals surface area contributed by atoms with Crippen LogP contribution in [0.1, 0.15) is 20.9 Å². The molecule has 6 heteroatoms. The topological polar surface area (TPSA) is 53.8 Å². The minimum absolute atomic E-state index is 0.148. The van der Waals surface area contributed by atoms with Gasteiger partial charge in [0.25, 0.3) is 11.8 Å². The van der Waals surface area contributed by atoms with Crippen LogP contribution in [0.5, 0.6) is 0 Å². The van der Waals surface area contributed by atoms with Gasteiger partial charge in [0.15, 0.2) is 5.76 Å². The van der Waals surface area contributed by atoms with Crippen molar-refractivity contribution < 1.29 is 18.4 Å².